The fourth-order valence-corrected chi connectivity index (χ4v) is 0.838. The Morgan fingerprint density at radius 3 is 2.38 bits per heavy atom. The Morgan fingerprint density at radius 1 is 1.75 bits per heavy atom. The minimum atomic E-state index is -0.231. The first-order valence-electron chi connectivity index (χ1n) is 3.09. The van der Waals surface area contributed by atoms with E-state index in [0.717, 1.165) is 6.42 Å². The zero-order valence-electron chi connectivity index (χ0n) is 5.29. The lowest BCUT2D eigenvalue weighted by molar-refractivity contribution is 0.131. The van der Waals surface area contributed by atoms with Gasteiger partial charge in [-0.25, -0.2) is 0 Å². The van der Waals surface area contributed by atoms with Crippen LogP contribution in [0.2, 0.25) is 0 Å². The minimum absolute atomic E-state index is 0.139. The highest BCUT2D eigenvalue weighted by atomic mass is 16.6. The maximum atomic E-state index is 9.04. The van der Waals surface area contributed by atoms with Gasteiger partial charge >= 0.3 is 0 Å². The van der Waals surface area contributed by atoms with Gasteiger partial charge in [-0.2, -0.15) is 0 Å². The molecule has 3 unspecified atom stereocenters. The van der Waals surface area contributed by atoms with Gasteiger partial charge in [0, 0.05) is 0 Å². The van der Waals surface area contributed by atoms with Gasteiger partial charge in [0.1, 0.15) is 6.10 Å². The Bertz CT molecular complexity index is 80.6. The van der Waals surface area contributed by atoms with Gasteiger partial charge in [0.2, 0.25) is 0 Å². The van der Waals surface area contributed by atoms with E-state index in [-0.39, 0.29) is 12.2 Å². The van der Waals surface area contributed by atoms with Crippen molar-refractivity contribution in [2.75, 3.05) is 0 Å². The Labute approximate surface area is 49.5 Å². The molecule has 0 amide bonds. The molecule has 0 radical (unpaired) electrons. The van der Waals surface area contributed by atoms with Crippen LogP contribution in [0.1, 0.15) is 20.3 Å². The number of rotatable bonds is 2. The number of hydrogen-bond donors (Lipinski definition) is 1. The minimum Gasteiger partial charge on any atom is -0.390 e. The van der Waals surface area contributed by atoms with Crippen LogP contribution in [0.4, 0.5) is 0 Å². The second-order valence-electron chi connectivity index (χ2n) is 2.28. The number of hydrogen-bond acceptors (Lipinski definition) is 2. The summed E-state index contributed by atoms with van der Waals surface area (Å²) in [4.78, 5) is 0. The van der Waals surface area contributed by atoms with Crippen LogP contribution < -0.4 is 0 Å². The first-order valence-corrected chi connectivity index (χ1v) is 3.09. The Kier molecular flexibility index (Phi) is 1.54. The normalized spacial score (nSPS) is 39.4. The molecule has 0 aromatic carbocycles. The first-order chi connectivity index (χ1) is 3.75. The molecule has 48 valence electrons. The average Bonchev–Trinajstić information content (AvgIpc) is 2.45. The number of ether oxygens (including phenoxy) is 1. The first kappa shape index (κ1) is 6.05. The molecular formula is C6H12O2. The van der Waals surface area contributed by atoms with Crippen molar-refractivity contribution < 1.29 is 9.84 Å². The molecule has 0 aliphatic carbocycles. The van der Waals surface area contributed by atoms with Gasteiger partial charge in [0.25, 0.3) is 0 Å². The zero-order valence-corrected chi connectivity index (χ0v) is 5.29. The quantitative estimate of drug-likeness (QED) is 0.534. The SMILES string of the molecule is CCC(O)C1OC1C. The summed E-state index contributed by atoms with van der Waals surface area (Å²) in [6.45, 7) is 3.93. The molecule has 0 aromatic rings. The highest BCUT2D eigenvalue weighted by molar-refractivity contribution is 4.86. The molecule has 0 saturated carbocycles. The van der Waals surface area contributed by atoms with Crippen molar-refractivity contribution in [3.63, 3.8) is 0 Å². The van der Waals surface area contributed by atoms with E-state index in [9.17, 15) is 0 Å². The lowest BCUT2D eigenvalue weighted by atomic mass is 10.2. The van der Waals surface area contributed by atoms with Crippen LogP contribution in [-0.4, -0.2) is 23.4 Å². The molecule has 0 aromatic heterocycles. The second-order valence-corrected chi connectivity index (χ2v) is 2.28. The van der Waals surface area contributed by atoms with Crippen LogP contribution in [0.3, 0.4) is 0 Å². The van der Waals surface area contributed by atoms with E-state index in [2.05, 4.69) is 0 Å². The van der Waals surface area contributed by atoms with Gasteiger partial charge in [-0.1, -0.05) is 6.92 Å². The highest BCUT2D eigenvalue weighted by Gasteiger charge is 2.39. The summed E-state index contributed by atoms with van der Waals surface area (Å²) in [6, 6.07) is 0. The van der Waals surface area contributed by atoms with Crippen molar-refractivity contribution in [1.29, 1.82) is 0 Å². The molecule has 1 rings (SSSR count). The smallest absolute Gasteiger partial charge is 0.110 e. The number of aliphatic hydroxyl groups excluding tert-OH is 1. The third-order valence-corrected chi connectivity index (χ3v) is 1.56. The molecule has 1 fully saturated rings. The summed E-state index contributed by atoms with van der Waals surface area (Å²) in [5, 5.41) is 9.04. The van der Waals surface area contributed by atoms with Crippen molar-refractivity contribution in [2.24, 2.45) is 0 Å². The number of epoxide rings is 1. The molecule has 2 heteroatoms. The fraction of sp³-hybridized carbons (Fsp3) is 1.00. The van der Waals surface area contributed by atoms with Gasteiger partial charge in [-0.3, -0.25) is 0 Å². The van der Waals surface area contributed by atoms with E-state index in [0.29, 0.717) is 6.10 Å². The van der Waals surface area contributed by atoms with E-state index in [4.69, 9.17) is 9.84 Å². The Morgan fingerprint density at radius 2 is 2.25 bits per heavy atom. The second kappa shape index (κ2) is 2.03. The molecule has 2 nitrogen and oxygen atoms in total. The van der Waals surface area contributed by atoms with Crippen molar-refractivity contribution in [1.82, 2.24) is 0 Å². The van der Waals surface area contributed by atoms with Crippen molar-refractivity contribution in [2.45, 2.75) is 38.6 Å². The summed E-state index contributed by atoms with van der Waals surface area (Å²) in [7, 11) is 0. The van der Waals surface area contributed by atoms with Crippen LogP contribution in [0, 0.1) is 0 Å². The molecule has 1 saturated heterocycles. The van der Waals surface area contributed by atoms with Crippen LogP contribution >= 0.6 is 0 Å². The predicted molar refractivity (Wildman–Crippen MR) is 30.6 cm³/mol. The third kappa shape index (κ3) is 1.01. The molecule has 1 aliphatic heterocycles. The van der Waals surface area contributed by atoms with Gasteiger partial charge in [-0.05, 0) is 13.3 Å². The molecule has 3 atom stereocenters. The van der Waals surface area contributed by atoms with Crippen LogP contribution in [0.5, 0.6) is 0 Å². The standard InChI is InChI=1S/C6H12O2/c1-3-5(7)6-4(2)8-6/h4-7H,3H2,1-2H3. The van der Waals surface area contributed by atoms with Crippen LogP contribution in [-0.2, 0) is 4.74 Å². The summed E-state index contributed by atoms with van der Waals surface area (Å²) in [6.07, 6.45) is 1.00. The van der Waals surface area contributed by atoms with Gasteiger partial charge in [0.15, 0.2) is 0 Å². The summed E-state index contributed by atoms with van der Waals surface area (Å²) < 4.78 is 5.02. The Hall–Kier alpha value is -0.0800. The third-order valence-electron chi connectivity index (χ3n) is 1.56. The Balaban J connectivity index is 2.18. The molecule has 1 aliphatic rings. The van der Waals surface area contributed by atoms with Gasteiger partial charge in [0.05, 0.1) is 12.2 Å². The fourth-order valence-electron chi connectivity index (χ4n) is 0.838. The lowest BCUT2D eigenvalue weighted by Crippen LogP contribution is -2.13. The van der Waals surface area contributed by atoms with Gasteiger partial charge in [-0.15, -0.1) is 0 Å². The molecule has 0 bridgehead atoms. The maximum Gasteiger partial charge on any atom is 0.110 e. The van der Waals surface area contributed by atoms with Crippen molar-refractivity contribution in [3.8, 4) is 0 Å². The summed E-state index contributed by atoms with van der Waals surface area (Å²) in [5.74, 6) is 0. The lowest BCUT2D eigenvalue weighted by Gasteiger charge is -1.99. The van der Waals surface area contributed by atoms with E-state index < -0.39 is 0 Å². The van der Waals surface area contributed by atoms with Gasteiger partial charge < -0.3 is 9.84 Å². The van der Waals surface area contributed by atoms with E-state index in [1.807, 2.05) is 13.8 Å². The highest BCUT2D eigenvalue weighted by Crippen LogP contribution is 2.25. The van der Waals surface area contributed by atoms with Crippen molar-refractivity contribution >= 4 is 0 Å². The van der Waals surface area contributed by atoms with E-state index >= 15 is 0 Å². The molecular weight excluding hydrogens is 104 g/mol. The maximum absolute atomic E-state index is 9.04. The summed E-state index contributed by atoms with van der Waals surface area (Å²) in [5.41, 5.74) is 0. The number of aliphatic hydroxyl groups is 1. The molecule has 8 heavy (non-hydrogen) atoms. The van der Waals surface area contributed by atoms with E-state index in [1.165, 1.54) is 0 Å². The topological polar surface area (TPSA) is 32.8 Å². The van der Waals surface area contributed by atoms with Crippen LogP contribution in [0.15, 0.2) is 0 Å². The molecule has 0 spiro atoms. The van der Waals surface area contributed by atoms with Crippen LogP contribution in [0.25, 0.3) is 0 Å². The van der Waals surface area contributed by atoms with E-state index in [1.54, 1.807) is 0 Å². The zero-order chi connectivity index (χ0) is 6.15. The largest absolute Gasteiger partial charge is 0.390 e. The molecule has 1 N–H and O–H groups in total. The van der Waals surface area contributed by atoms with Crippen molar-refractivity contribution in [3.05, 3.63) is 0 Å². The predicted octanol–water partition coefficient (Wildman–Crippen LogP) is 0.545. The molecule has 1 heterocycles. The summed E-state index contributed by atoms with van der Waals surface area (Å²) >= 11 is 0. The monoisotopic (exact) mass is 116 g/mol. The average molecular weight is 116 g/mol.